The van der Waals surface area contributed by atoms with Crippen LogP contribution in [-0.4, -0.2) is 52.9 Å². The van der Waals surface area contributed by atoms with Crippen molar-refractivity contribution in [1.29, 1.82) is 0 Å². The fourth-order valence-corrected chi connectivity index (χ4v) is 5.41. The lowest BCUT2D eigenvalue weighted by molar-refractivity contribution is 0.0521. The van der Waals surface area contributed by atoms with Crippen LogP contribution in [0.15, 0.2) is 36.0 Å². The van der Waals surface area contributed by atoms with E-state index in [-0.39, 0.29) is 28.0 Å². The van der Waals surface area contributed by atoms with Gasteiger partial charge in [-0.3, -0.25) is 9.89 Å². The number of benzene rings is 2. The lowest BCUT2D eigenvalue weighted by Crippen LogP contribution is -2.13. The molecule has 3 heterocycles. The molecular weight excluding hydrogens is 567 g/mol. The number of hydrogen-bond acceptors (Lipinski definition) is 10. The van der Waals surface area contributed by atoms with Gasteiger partial charge >= 0.3 is 5.97 Å². The minimum atomic E-state index is -0.499. The fourth-order valence-electron chi connectivity index (χ4n) is 3.87. The van der Waals surface area contributed by atoms with E-state index in [2.05, 4.69) is 30.8 Å². The Balaban J connectivity index is 1.44. The van der Waals surface area contributed by atoms with Crippen LogP contribution in [0, 0.1) is 0 Å². The van der Waals surface area contributed by atoms with Crippen molar-refractivity contribution >= 4 is 84.7 Å². The molecule has 14 heteroatoms. The molecule has 0 fully saturated rings. The molecule has 0 aliphatic carbocycles. The van der Waals surface area contributed by atoms with E-state index in [4.69, 9.17) is 37.4 Å². The van der Waals surface area contributed by atoms with E-state index >= 15 is 0 Å². The summed E-state index contributed by atoms with van der Waals surface area (Å²) in [6.45, 7) is 1.99. The first kappa shape index (κ1) is 26.5. The van der Waals surface area contributed by atoms with Gasteiger partial charge in [0.25, 0.3) is 5.91 Å². The molecule has 200 valence electrons. The Bertz CT molecular complexity index is 1710. The number of hydrogen-bond donors (Lipinski definition) is 3. The van der Waals surface area contributed by atoms with E-state index < -0.39 is 11.9 Å². The third-order valence-corrected chi connectivity index (χ3v) is 7.43. The van der Waals surface area contributed by atoms with Gasteiger partial charge in [-0.05, 0) is 25.1 Å². The molecule has 39 heavy (non-hydrogen) atoms. The van der Waals surface area contributed by atoms with E-state index in [9.17, 15) is 9.59 Å². The van der Waals surface area contributed by atoms with Gasteiger partial charge in [0.15, 0.2) is 11.5 Å². The van der Waals surface area contributed by atoms with Crippen LogP contribution in [0.1, 0.15) is 27.8 Å². The maximum atomic E-state index is 13.3. The van der Waals surface area contributed by atoms with Crippen LogP contribution in [0.5, 0.6) is 11.5 Å². The number of amides is 1. The number of esters is 1. The quantitative estimate of drug-likeness (QED) is 0.185. The smallest absolute Gasteiger partial charge is 0.359 e. The molecule has 0 bridgehead atoms. The van der Waals surface area contributed by atoms with Crippen LogP contribution in [0.2, 0.25) is 10.0 Å². The SMILES string of the molecule is CCOC(=O)c1n[nH]c2cc(Nc3ncnc4c(C(=O)Nc5c(Cl)c(OC)cc(OC)c5Cl)csc34)ccc12. The Morgan fingerprint density at radius 1 is 1.08 bits per heavy atom. The van der Waals surface area contributed by atoms with E-state index in [1.807, 2.05) is 0 Å². The van der Waals surface area contributed by atoms with Gasteiger partial charge in [-0.15, -0.1) is 11.3 Å². The summed E-state index contributed by atoms with van der Waals surface area (Å²) < 4.78 is 16.2. The van der Waals surface area contributed by atoms with Gasteiger partial charge in [-0.25, -0.2) is 14.8 Å². The van der Waals surface area contributed by atoms with Gasteiger partial charge < -0.3 is 24.8 Å². The second-order valence-electron chi connectivity index (χ2n) is 7.97. The highest BCUT2D eigenvalue weighted by atomic mass is 35.5. The van der Waals surface area contributed by atoms with Crippen molar-refractivity contribution in [1.82, 2.24) is 20.2 Å². The van der Waals surface area contributed by atoms with Crippen molar-refractivity contribution < 1.29 is 23.8 Å². The summed E-state index contributed by atoms with van der Waals surface area (Å²) in [7, 11) is 2.89. The Kier molecular flexibility index (Phi) is 7.42. The van der Waals surface area contributed by atoms with Crippen molar-refractivity contribution in [3.8, 4) is 11.5 Å². The topological polar surface area (TPSA) is 140 Å². The number of methoxy groups -OCH3 is 2. The predicted molar refractivity (Wildman–Crippen MR) is 150 cm³/mol. The van der Waals surface area contributed by atoms with Crippen LogP contribution >= 0.6 is 34.5 Å². The van der Waals surface area contributed by atoms with E-state index in [1.54, 1.807) is 30.5 Å². The summed E-state index contributed by atoms with van der Waals surface area (Å²) in [5.74, 6) is 0.103. The Hall–Kier alpha value is -4.13. The van der Waals surface area contributed by atoms with Crippen LogP contribution in [0.3, 0.4) is 0 Å². The summed E-state index contributed by atoms with van der Waals surface area (Å²) in [4.78, 5) is 34.1. The number of fused-ring (bicyclic) bond motifs is 2. The van der Waals surface area contributed by atoms with Gasteiger partial charge in [-0.2, -0.15) is 5.10 Å². The first-order valence-electron chi connectivity index (χ1n) is 11.4. The third kappa shape index (κ3) is 4.89. The van der Waals surface area contributed by atoms with Crippen molar-refractivity contribution in [2.45, 2.75) is 6.92 Å². The van der Waals surface area contributed by atoms with Gasteiger partial charge in [0.05, 0.1) is 47.8 Å². The normalized spacial score (nSPS) is 11.0. The van der Waals surface area contributed by atoms with Crippen molar-refractivity contribution in [2.24, 2.45) is 0 Å². The number of carbonyl (C=O) groups excluding carboxylic acids is 2. The summed E-state index contributed by atoms with van der Waals surface area (Å²) in [6, 6.07) is 6.87. The van der Waals surface area contributed by atoms with E-state index in [1.165, 1.54) is 38.0 Å². The number of halogens is 2. The standard InChI is InChI=1S/C25H20Cl2N6O5S/c1-4-38-25(35)20-12-6-5-11(7-14(12)32-33-20)30-23-22-19(28-10-29-23)13(9-39-22)24(34)31-21-17(26)15(36-2)8-16(37-3)18(21)27/h5-10H,4H2,1-3H3,(H,31,34)(H,32,33)(H,28,29,30). The second kappa shape index (κ2) is 10.9. The summed E-state index contributed by atoms with van der Waals surface area (Å²) in [5, 5.41) is 15.5. The molecule has 0 aliphatic rings. The molecule has 0 spiro atoms. The number of ether oxygens (including phenoxy) is 3. The highest BCUT2D eigenvalue weighted by Gasteiger charge is 2.23. The van der Waals surface area contributed by atoms with E-state index in [0.717, 1.165) is 0 Å². The largest absolute Gasteiger partial charge is 0.495 e. The molecule has 0 saturated carbocycles. The van der Waals surface area contributed by atoms with Gasteiger partial charge in [0.2, 0.25) is 0 Å². The number of aromatic amines is 1. The third-order valence-electron chi connectivity index (χ3n) is 5.70. The number of anilines is 3. The number of thiophene rings is 1. The number of carbonyl (C=O) groups is 2. The first-order valence-corrected chi connectivity index (χ1v) is 13.1. The minimum absolute atomic E-state index is 0.133. The molecule has 3 N–H and O–H groups in total. The van der Waals surface area contributed by atoms with Gasteiger partial charge in [0.1, 0.15) is 27.9 Å². The van der Waals surface area contributed by atoms with Gasteiger partial charge in [0, 0.05) is 22.5 Å². The number of aromatic nitrogens is 4. The molecule has 3 aromatic heterocycles. The summed E-state index contributed by atoms with van der Waals surface area (Å²) in [5.41, 5.74) is 2.43. The van der Waals surface area contributed by atoms with Gasteiger partial charge in [-0.1, -0.05) is 23.2 Å². The average Bonchev–Trinajstić information content (AvgIpc) is 3.56. The number of rotatable bonds is 8. The molecule has 5 rings (SSSR count). The highest BCUT2D eigenvalue weighted by Crippen LogP contribution is 2.44. The molecule has 0 atom stereocenters. The predicted octanol–water partition coefficient (Wildman–Crippen LogP) is 6.06. The lowest BCUT2D eigenvalue weighted by atomic mass is 10.2. The first-order chi connectivity index (χ1) is 18.9. The molecule has 0 aliphatic heterocycles. The maximum Gasteiger partial charge on any atom is 0.359 e. The molecule has 11 nitrogen and oxygen atoms in total. The Labute approximate surface area is 235 Å². The molecular formula is C25H20Cl2N6O5S. The molecule has 1 amide bonds. The summed E-state index contributed by atoms with van der Waals surface area (Å²) >= 11 is 14.1. The zero-order valence-corrected chi connectivity index (χ0v) is 23.0. The fraction of sp³-hybridized carbons (Fsp3) is 0.160. The van der Waals surface area contributed by atoms with Crippen LogP contribution in [0.4, 0.5) is 17.2 Å². The maximum absolute atomic E-state index is 13.3. The molecule has 0 unspecified atom stereocenters. The highest BCUT2D eigenvalue weighted by molar-refractivity contribution is 7.18. The number of H-pyrrole nitrogens is 1. The molecule has 2 aromatic carbocycles. The van der Waals surface area contributed by atoms with Crippen LogP contribution in [0.25, 0.3) is 21.1 Å². The van der Waals surface area contributed by atoms with Crippen molar-refractivity contribution in [3.05, 3.63) is 57.3 Å². The monoisotopic (exact) mass is 586 g/mol. The number of nitrogens with one attached hydrogen (secondary N) is 3. The lowest BCUT2D eigenvalue weighted by Gasteiger charge is -2.15. The summed E-state index contributed by atoms with van der Waals surface area (Å²) in [6.07, 6.45) is 1.36. The minimum Gasteiger partial charge on any atom is -0.495 e. The number of nitrogens with zero attached hydrogens (tertiary/aromatic N) is 3. The zero-order valence-electron chi connectivity index (χ0n) is 20.7. The average molecular weight is 587 g/mol. The van der Waals surface area contributed by atoms with Crippen LogP contribution < -0.4 is 20.1 Å². The molecule has 0 radical (unpaired) electrons. The Morgan fingerprint density at radius 2 is 1.82 bits per heavy atom. The zero-order chi connectivity index (χ0) is 27.7. The van der Waals surface area contributed by atoms with E-state index in [0.29, 0.717) is 49.7 Å². The second-order valence-corrected chi connectivity index (χ2v) is 9.60. The van der Waals surface area contributed by atoms with Crippen LogP contribution in [-0.2, 0) is 4.74 Å². The molecule has 0 saturated heterocycles. The van der Waals surface area contributed by atoms with Crippen molar-refractivity contribution in [3.63, 3.8) is 0 Å². The Morgan fingerprint density at radius 3 is 2.51 bits per heavy atom. The molecule has 5 aromatic rings. The van der Waals surface area contributed by atoms with Crippen molar-refractivity contribution in [2.75, 3.05) is 31.5 Å².